The van der Waals surface area contributed by atoms with Gasteiger partial charge in [-0.3, -0.25) is 9.48 Å². The number of esters is 1. The second-order valence-corrected chi connectivity index (χ2v) is 4.47. The summed E-state index contributed by atoms with van der Waals surface area (Å²) in [5.74, 6) is -1.19. The van der Waals surface area contributed by atoms with Crippen molar-refractivity contribution in [2.45, 2.75) is 6.92 Å². The predicted molar refractivity (Wildman–Crippen MR) is 75.3 cm³/mol. The molecule has 0 aliphatic carbocycles. The van der Waals surface area contributed by atoms with E-state index in [1.54, 1.807) is 20.0 Å². The van der Waals surface area contributed by atoms with Crippen molar-refractivity contribution in [3.8, 4) is 5.75 Å². The molecule has 0 fully saturated rings. The van der Waals surface area contributed by atoms with Gasteiger partial charge in [-0.25, -0.2) is 4.79 Å². The fraction of sp³-hybridized carbons (Fsp3) is 0.214. The molecule has 7 heteroatoms. The van der Waals surface area contributed by atoms with Gasteiger partial charge in [-0.1, -0.05) is 0 Å². The van der Waals surface area contributed by atoms with Gasteiger partial charge in [0.25, 0.3) is 5.91 Å². The molecule has 1 amide bonds. The summed E-state index contributed by atoms with van der Waals surface area (Å²) in [5.41, 5.74) is 1.48. The maximum Gasteiger partial charge on any atom is 0.337 e. The SMILES string of the molecule is COC(=O)c1ccc(NC(=O)c2cc(C)nn2C)c(O)c1. The first kappa shape index (κ1) is 14.6. The first-order chi connectivity index (χ1) is 9.92. The van der Waals surface area contributed by atoms with Crippen LogP contribution in [0.15, 0.2) is 24.3 Å². The van der Waals surface area contributed by atoms with Crippen molar-refractivity contribution in [3.63, 3.8) is 0 Å². The average molecular weight is 289 g/mol. The maximum atomic E-state index is 12.1. The zero-order chi connectivity index (χ0) is 15.6. The Bertz CT molecular complexity index is 706. The molecule has 1 aromatic heterocycles. The van der Waals surface area contributed by atoms with Gasteiger partial charge in [-0.15, -0.1) is 0 Å². The Hall–Kier alpha value is -2.83. The summed E-state index contributed by atoms with van der Waals surface area (Å²) in [4.78, 5) is 23.4. The third kappa shape index (κ3) is 3.02. The van der Waals surface area contributed by atoms with Crippen LogP contribution in [-0.2, 0) is 11.8 Å². The molecule has 2 aromatic rings. The van der Waals surface area contributed by atoms with Crippen molar-refractivity contribution in [1.82, 2.24) is 9.78 Å². The Labute approximate surface area is 121 Å². The fourth-order valence-electron chi connectivity index (χ4n) is 1.89. The number of aryl methyl sites for hydroxylation is 2. The molecule has 2 N–H and O–H groups in total. The van der Waals surface area contributed by atoms with E-state index in [2.05, 4.69) is 15.2 Å². The van der Waals surface area contributed by atoms with Crippen molar-refractivity contribution < 1.29 is 19.4 Å². The lowest BCUT2D eigenvalue weighted by molar-refractivity contribution is 0.0600. The zero-order valence-corrected chi connectivity index (χ0v) is 11.9. The molecule has 0 bridgehead atoms. The van der Waals surface area contributed by atoms with E-state index >= 15 is 0 Å². The summed E-state index contributed by atoms with van der Waals surface area (Å²) < 4.78 is 6.00. The van der Waals surface area contributed by atoms with Gasteiger partial charge in [0.05, 0.1) is 24.1 Å². The minimum absolute atomic E-state index is 0.198. The Balaban J connectivity index is 2.22. The molecule has 0 saturated carbocycles. The number of amides is 1. The second-order valence-electron chi connectivity index (χ2n) is 4.47. The number of ether oxygens (including phenoxy) is 1. The van der Waals surface area contributed by atoms with Gasteiger partial charge in [0, 0.05) is 7.05 Å². The molecule has 21 heavy (non-hydrogen) atoms. The van der Waals surface area contributed by atoms with E-state index in [0.29, 0.717) is 11.4 Å². The highest BCUT2D eigenvalue weighted by atomic mass is 16.5. The summed E-state index contributed by atoms with van der Waals surface area (Å²) >= 11 is 0. The molecular weight excluding hydrogens is 274 g/mol. The van der Waals surface area contributed by atoms with Crippen LogP contribution >= 0.6 is 0 Å². The third-order valence-corrected chi connectivity index (χ3v) is 2.90. The highest BCUT2D eigenvalue weighted by Gasteiger charge is 2.15. The summed E-state index contributed by atoms with van der Waals surface area (Å²) in [5, 5.41) is 16.5. The van der Waals surface area contributed by atoms with Gasteiger partial charge >= 0.3 is 5.97 Å². The number of hydrogen-bond donors (Lipinski definition) is 2. The number of phenols is 1. The van der Waals surface area contributed by atoms with Crippen molar-refractivity contribution >= 4 is 17.6 Å². The smallest absolute Gasteiger partial charge is 0.337 e. The maximum absolute atomic E-state index is 12.1. The van der Waals surface area contributed by atoms with Crippen molar-refractivity contribution in [3.05, 3.63) is 41.2 Å². The van der Waals surface area contributed by atoms with Gasteiger partial charge in [0.2, 0.25) is 0 Å². The van der Waals surface area contributed by atoms with Crippen LogP contribution < -0.4 is 5.32 Å². The van der Waals surface area contributed by atoms with E-state index in [9.17, 15) is 14.7 Å². The number of aromatic hydroxyl groups is 1. The van der Waals surface area contributed by atoms with E-state index in [1.165, 1.54) is 30.0 Å². The van der Waals surface area contributed by atoms with Gasteiger partial charge in [-0.2, -0.15) is 5.10 Å². The fourth-order valence-corrected chi connectivity index (χ4v) is 1.89. The van der Waals surface area contributed by atoms with Crippen LogP contribution in [0.3, 0.4) is 0 Å². The van der Waals surface area contributed by atoms with E-state index < -0.39 is 11.9 Å². The number of rotatable bonds is 3. The molecule has 0 saturated heterocycles. The Kier molecular flexibility index (Phi) is 3.93. The lowest BCUT2D eigenvalue weighted by Crippen LogP contribution is -2.16. The Morgan fingerprint density at radius 3 is 2.57 bits per heavy atom. The van der Waals surface area contributed by atoms with E-state index in [1.807, 2.05) is 0 Å². The lowest BCUT2D eigenvalue weighted by atomic mass is 10.2. The Morgan fingerprint density at radius 2 is 2.05 bits per heavy atom. The monoisotopic (exact) mass is 289 g/mol. The van der Waals surface area contributed by atoms with Crippen molar-refractivity contribution in [1.29, 1.82) is 0 Å². The molecule has 0 spiro atoms. The molecule has 0 radical (unpaired) electrons. The number of aromatic nitrogens is 2. The normalized spacial score (nSPS) is 10.2. The third-order valence-electron chi connectivity index (χ3n) is 2.90. The van der Waals surface area contributed by atoms with Crippen molar-refractivity contribution in [2.24, 2.45) is 7.05 Å². The highest BCUT2D eigenvalue weighted by molar-refractivity contribution is 6.04. The minimum Gasteiger partial charge on any atom is -0.506 e. The summed E-state index contributed by atoms with van der Waals surface area (Å²) in [6.07, 6.45) is 0. The number of carbonyl (C=O) groups excluding carboxylic acids is 2. The van der Waals surface area contributed by atoms with Crippen LogP contribution in [0, 0.1) is 6.92 Å². The molecule has 0 unspecified atom stereocenters. The molecule has 7 nitrogen and oxygen atoms in total. The van der Waals surface area contributed by atoms with E-state index in [0.717, 1.165) is 0 Å². The van der Waals surface area contributed by atoms with Crippen LogP contribution in [0.2, 0.25) is 0 Å². The summed E-state index contributed by atoms with van der Waals surface area (Å²) in [6, 6.07) is 5.75. The quantitative estimate of drug-likeness (QED) is 0.659. The lowest BCUT2D eigenvalue weighted by Gasteiger charge is -2.08. The minimum atomic E-state index is -0.564. The molecule has 1 aromatic carbocycles. The van der Waals surface area contributed by atoms with E-state index in [-0.39, 0.29) is 17.0 Å². The number of nitrogens with one attached hydrogen (secondary N) is 1. The average Bonchev–Trinajstić information content (AvgIpc) is 2.79. The first-order valence-corrected chi connectivity index (χ1v) is 6.15. The van der Waals surface area contributed by atoms with Crippen LogP contribution in [-0.4, -0.2) is 33.9 Å². The molecule has 2 rings (SSSR count). The number of benzene rings is 1. The molecule has 0 aliphatic rings. The predicted octanol–water partition coefficient (Wildman–Crippen LogP) is 1.47. The topological polar surface area (TPSA) is 93.5 Å². The van der Waals surface area contributed by atoms with Crippen LogP contribution in [0.4, 0.5) is 5.69 Å². The first-order valence-electron chi connectivity index (χ1n) is 6.15. The molecule has 1 heterocycles. The van der Waals surface area contributed by atoms with Gasteiger partial charge in [-0.05, 0) is 31.2 Å². The number of carbonyl (C=O) groups is 2. The number of nitrogens with zero attached hydrogens (tertiary/aromatic N) is 2. The van der Waals surface area contributed by atoms with E-state index in [4.69, 9.17) is 0 Å². The zero-order valence-electron chi connectivity index (χ0n) is 11.9. The second kappa shape index (κ2) is 5.66. The number of methoxy groups -OCH3 is 1. The molecule has 110 valence electrons. The van der Waals surface area contributed by atoms with Crippen LogP contribution in [0.25, 0.3) is 0 Å². The highest BCUT2D eigenvalue weighted by Crippen LogP contribution is 2.25. The standard InChI is InChI=1S/C14H15N3O4/c1-8-6-11(17(2)16-8)13(19)15-10-5-4-9(7-12(10)18)14(20)21-3/h4-7,18H,1-3H3,(H,15,19). The van der Waals surface area contributed by atoms with Crippen LogP contribution in [0.5, 0.6) is 5.75 Å². The van der Waals surface area contributed by atoms with Gasteiger partial charge < -0.3 is 15.2 Å². The summed E-state index contributed by atoms with van der Waals surface area (Å²) in [6.45, 7) is 1.78. The number of hydrogen-bond acceptors (Lipinski definition) is 5. The largest absolute Gasteiger partial charge is 0.506 e. The molecule has 0 atom stereocenters. The molecule has 0 aliphatic heterocycles. The number of anilines is 1. The van der Waals surface area contributed by atoms with Gasteiger partial charge in [0.1, 0.15) is 11.4 Å². The van der Waals surface area contributed by atoms with Gasteiger partial charge in [0.15, 0.2) is 0 Å². The van der Waals surface area contributed by atoms with Crippen LogP contribution in [0.1, 0.15) is 26.5 Å². The molecular formula is C14H15N3O4. The van der Waals surface area contributed by atoms with Crippen molar-refractivity contribution in [2.75, 3.05) is 12.4 Å². The number of phenolic OH excluding ortho intramolecular Hbond substituents is 1. The Morgan fingerprint density at radius 1 is 1.33 bits per heavy atom. The summed E-state index contributed by atoms with van der Waals surface area (Å²) in [7, 11) is 2.90.